The predicted octanol–water partition coefficient (Wildman–Crippen LogP) is 3.33. The Labute approximate surface area is 103 Å². The minimum atomic E-state index is 1.19. The molecule has 2 nitrogen and oxygen atoms in total. The summed E-state index contributed by atoms with van der Waals surface area (Å²) >= 11 is 0. The van der Waals surface area contributed by atoms with Crippen molar-refractivity contribution in [3.8, 4) is 0 Å². The van der Waals surface area contributed by atoms with E-state index in [1.807, 2.05) is 0 Å². The zero-order valence-electron chi connectivity index (χ0n) is 11.5. The fourth-order valence-corrected chi connectivity index (χ4v) is 1.73. The van der Waals surface area contributed by atoms with Gasteiger partial charge in [0.05, 0.1) is 0 Å². The number of hydrogen-bond acceptors (Lipinski definition) is 2. The molecule has 0 saturated heterocycles. The molecule has 0 rings (SSSR count). The van der Waals surface area contributed by atoms with Crippen LogP contribution < -0.4 is 10.6 Å². The van der Waals surface area contributed by atoms with Crippen LogP contribution in [-0.2, 0) is 0 Å². The summed E-state index contributed by atoms with van der Waals surface area (Å²) in [5.41, 5.74) is 0. The van der Waals surface area contributed by atoms with Crippen molar-refractivity contribution < 1.29 is 0 Å². The molecule has 2 heteroatoms. The van der Waals surface area contributed by atoms with Crippen LogP contribution in [0.25, 0.3) is 0 Å². The minimum Gasteiger partial charge on any atom is -0.317 e. The van der Waals surface area contributed by atoms with Crippen molar-refractivity contribution in [3.63, 3.8) is 0 Å². The lowest BCUT2D eigenvalue weighted by Crippen LogP contribution is -2.20. The van der Waals surface area contributed by atoms with Crippen LogP contribution in [-0.4, -0.2) is 26.2 Å². The topological polar surface area (TPSA) is 24.1 Å². The summed E-state index contributed by atoms with van der Waals surface area (Å²) in [5.74, 6) is 0. The average Bonchev–Trinajstić information content (AvgIpc) is 2.31. The van der Waals surface area contributed by atoms with E-state index < -0.39 is 0 Å². The summed E-state index contributed by atoms with van der Waals surface area (Å²) in [4.78, 5) is 0. The van der Waals surface area contributed by atoms with Crippen LogP contribution in [0.5, 0.6) is 0 Å². The first-order valence-corrected chi connectivity index (χ1v) is 7.33. The van der Waals surface area contributed by atoms with Gasteiger partial charge >= 0.3 is 0 Å². The molecular formula is C14H32N2. The molecule has 0 radical (unpaired) electrons. The monoisotopic (exact) mass is 228 g/mol. The third-order valence-electron chi connectivity index (χ3n) is 2.87. The Kier molecular flexibility index (Phi) is 14.8. The summed E-state index contributed by atoms with van der Waals surface area (Å²) in [6, 6.07) is 0. The van der Waals surface area contributed by atoms with Gasteiger partial charge in [0.25, 0.3) is 0 Å². The van der Waals surface area contributed by atoms with Crippen LogP contribution in [0.3, 0.4) is 0 Å². The number of nitrogens with one attached hydrogen (secondary N) is 2. The van der Waals surface area contributed by atoms with E-state index in [0.29, 0.717) is 0 Å². The first-order valence-electron chi connectivity index (χ1n) is 7.33. The summed E-state index contributed by atoms with van der Waals surface area (Å²) in [6.45, 7) is 9.30. The fourth-order valence-electron chi connectivity index (χ4n) is 1.73. The van der Waals surface area contributed by atoms with E-state index in [1.165, 1.54) is 77.5 Å². The molecule has 0 aliphatic rings. The van der Waals surface area contributed by atoms with Crippen LogP contribution in [0.2, 0.25) is 0 Å². The van der Waals surface area contributed by atoms with Gasteiger partial charge in [-0.2, -0.15) is 0 Å². The molecule has 0 aliphatic carbocycles. The Morgan fingerprint density at radius 3 is 1.44 bits per heavy atom. The maximum Gasteiger partial charge on any atom is -0.00484 e. The first kappa shape index (κ1) is 15.9. The van der Waals surface area contributed by atoms with Crippen molar-refractivity contribution in [2.45, 2.75) is 65.2 Å². The standard InChI is InChI=1S/C14H32N2/c1-3-5-7-8-12-16-14-10-9-13-15-11-6-4-2/h15-16H,3-14H2,1-2H3. The highest BCUT2D eigenvalue weighted by Crippen LogP contribution is 1.97. The maximum atomic E-state index is 3.52. The second kappa shape index (κ2) is 14.9. The molecule has 0 heterocycles. The number of rotatable bonds is 13. The highest BCUT2D eigenvalue weighted by Gasteiger charge is 1.90. The van der Waals surface area contributed by atoms with Crippen LogP contribution >= 0.6 is 0 Å². The maximum absolute atomic E-state index is 3.52. The molecule has 0 aliphatic heterocycles. The third kappa shape index (κ3) is 13.9. The van der Waals surface area contributed by atoms with Crippen LogP contribution in [0.1, 0.15) is 65.2 Å². The first-order chi connectivity index (χ1) is 7.91. The number of unbranched alkanes of at least 4 members (excludes halogenated alkanes) is 5. The quantitative estimate of drug-likeness (QED) is 0.473. The van der Waals surface area contributed by atoms with Crippen LogP contribution in [0.15, 0.2) is 0 Å². The zero-order valence-corrected chi connectivity index (χ0v) is 11.5. The SMILES string of the molecule is CCCCCCNCCCCNCCCC. The molecule has 0 amide bonds. The fraction of sp³-hybridized carbons (Fsp3) is 1.00. The Morgan fingerprint density at radius 1 is 0.500 bits per heavy atom. The lowest BCUT2D eigenvalue weighted by molar-refractivity contribution is 0.553. The average molecular weight is 228 g/mol. The van der Waals surface area contributed by atoms with Crippen molar-refractivity contribution >= 4 is 0 Å². The van der Waals surface area contributed by atoms with Gasteiger partial charge in [0.2, 0.25) is 0 Å². The van der Waals surface area contributed by atoms with Gasteiger partial charge in [-0.25, -0.2) is 0 Å². The molecular weight excluding hydrogens is 196 g/mol. The van der Waals surface area contributed by atoms with Crippen molar-refractivity contribution in [2.24, 2.45) is 0 Å². The molecule has 0 saturated carbocycles. The molecule has 0 bridgehead atoms. The van der Waals surface area contributed by atoms with Gasteiger partial charge in [-0.15, -0.1) is 0 Å². The van der Waals surface area contributed by atoms with Gasteiger partial charge in [-0.1, -0.05) is 39.5 Å². The van der Waals surface area contributed by atoms with Gasteiger partial charge < -0.3 is 10.6 Å². The van der Waals surface area contributed by atoms with Crippen molar-refractivity contribution in [1.82, 2.24) is 10.6 Å². The van der Waals surface area contributed by atoms with E-state index in [9.17, 15) is 0 Å². The molecule has 0 atom stereocenters. The third-order valence-corrected chi connectivity index (χ3v) is 2.87. The lowest BCUT2D eigenvalue weighted by atomic mass is 10.2. The predicted molar refractivity (Wildman–Crippen MR) is 74.0 cm³/mol. The molecule has 2 N–H and O–H groups in total. The van der Waals surface area contributed by atoms with Crippen molar-refractivity contribution in [1.29, 1.82) is 0 Å². The molecule has 0 fully saturated rings. The summed E-state index contributed by atoms with van der Waals surface area (Å²) in [6.07, 6.45) is 10.7. The lowest BCUT2D eigenvalue weighted by Gasteiger charge is -2.05. The van der Waals surface area contributed by atoms with Gasteiger partial charge in [0.15, 0.2) is 0 Å². The second-order valence-corrected chi connectivity index (χ2v) is 4.62. The van der Waals surface area contributed by atoms with Crippen molar-refractivity contribution in [2.75, 3.05) is 26.2 Å². The zero-order chi connectivity index (χ0) is 11.9. The van der Waals surface area contributed by atoms with E-state index in [0.717, 1.165) is 0 Å². The second-order valence-electron chi connectivity index (χ2n) is 4.62. The molecule has 98 valence electrons. The van der Waals surface area contributed by atoms with E-state index in [4.69, 9.17) is 0 Å². The van der Waals surface area contributed by atoms with E-state index in [1.54, 1.807) is 0 Å². The normalized spacial score (nSPS) is 10.9. The van der Waals surface area contributed by atoms with Gasteiger partial charge in [-0.05, 0) is 51.9 Å². The Hall–Kier alpha value is -0.0800. The summed E-state index contributed by atoms with van der Waals surface area (Å²) in [5, 5.41) is 7.00. The van der Waals surface area contributed by atoms with E-state index in [2.05, 4.69) is 24.5 Å². The van der Waals surface area contributed by atoms with Crippen molar-refractivity contribution in [3.05, 3.63) is 0 Å². The largest absolute Gasteiger partial charge is 0.317 e. The van der Waals surface area contributed by atoms with Gasteiger partial charge in [0, 0.05) is 0 Å². The molecule has 0 aromatic heterocycles. The van der Waals surface area contributed by atoms with Gasteiger partial charge in [-0.3, -0.25) is 0 Å². The van der Waals surface area contributed by atoms with E-state index in [-0.39, 0.29) is 0 Å². The Balaban J connectivity index is 2.83. The minimum absolute atomic E-state index is 1.19. The molecule has 0 spiro atoms. The summed E-state index contributed by atoms with van der Waals surface area (Å²) in [7, 11) is 0. The molecule has 0 aromatic carbocycles. The van der Waals surface area contributed by atoms with E-state index >= 15 is 0 Å². The molecule has 16 heavy (non-hydrogen) atoms. The summed E-state index contributed by atoms with van der Waals surface area (Å²) < 4.78 is 0. The van der Waals surface area contributed by atoms with Crippen LogP contribution in [0, 0.1) is 0 Å². The molecule has 0 aromatic rings. The van der Waals surface area contributed by atoms with Gasteiger partial charge in [0.1, 0.15) is 0 Å². The molecule has 0 unspecified atom stereocenters. The smallest absolute Gasteiger partial charge is 0.00484 e. The Morgan fingerprint density at radius 2 is 0.938 bits per heavy atom. The highest BCUT2D eigenvalue weighted by molar-refractivity contribution is 4.52. The highest BCUT2D eigenvalue weighted by atomic mass is 14.9. The van der Waals surface area contributed by atoms with Crippen LogP contribution in [0.4, 0.5) is 0 Å². The Bertz CT molecular complexity index is 101. The number of hydrogen-bond donors (Lipinski definition) is 2.